The molecule has 2 N–H and O–H groups in total. The molecular formula is C22H25N3O4. The minimum absolute atomic E-state index is 0.354. The molecule has 152 valence electrons. The Bertz CT molecular complexity index is 909. The second-order valence-corrected chi connectivity index (χ2v) is 7.17. The quantitative estimate of drug-likeness (QED) is 0.706. The number of amides is 4. The first kappa shape index (κ1) is 20.4. The van der Waals surface area contributed by atoms with Crippen LogP contribution in [-0.4, -0.2) is 36.4 Å². The lowest BCUT2D eigenvalue weighted by Gasteiger charge is -2.22. The first-order valence-electron chi connectivity index (χ1n) is 9.55. The average molecular weight is 395 g/mol. The summed E-state index contributed by atoms with van der Waals surface area (Å²) in [6.45, 7) is 3.38. The van der Waals surface area contributed by atoms with Crippen LogP contribution in [0.25, 0.3) is 0 Å². The summed E-state index contributed by atoms with van der Waals surface area (Å²) in [5, 5.41) is 5.42. The van der Waals surface area contributed by atoms with Gasteiger partial charge in [-0.25, -0.2) is 4.79 Å². The maximum absolute atomic E-state index is 12.9. The Morgan fingerprint density at radius 2 is 1.76 bits per heavy atom. The molecule has 0 spiro atoms. The van der Waals surface area contributed by atoms with Gasteiger partial charge in [0.05, 0.1) is 7.11 Å². The van der Waals surface area contributed by atoms with Gasteiger partial charge in [-0.15, -0.1) is 0 Å². The highest BCUT2D eigenvalue weighted by Gasteiger charge is 2.49. The minimum Gasteiger partial charge on any atom is -0.497 e. The zero-order chi connectivity index (χ0) is 21.0. The molecule has 0 radical (unpaired) electrons. The SMILES string of the molecule is CCCc1ccc(NC(=O)CN2C(=O)N[C@](C)(c3ccc(OC)cc3)C2=O)cc1. The Morgan fingerprint density at radius 3 is 2.34 bits per heavy atom. The molecule has 1 atom stereocenters. The number of urea groups is 1. The molecule has 0 bridgehead atoms. The fourth-order valence-corrected chi connectivity index (χ4v) is 3.35. The number of nitrogens with zero attached hydrogens (tertiary/aromatic N) is 1. The van der Waals surface area contributed by atoms with Crippen LogP contribution in [-0.2, 0) is 21.5 Å². The van der Waals surface area contributed by atoms with Crippen molar-refractivity contribution in [1.82, 2.24) is 10.2 Å². The van der Waals surface area contributed by atoms with Gasteiger partial charge in [-0.3, -0.25) is 14.5 Å². The van der Waals surface area contributed by atoms with Crippen LogP contribution in [0.5, 0.6) is 5.75 Å². The number of aryl methyl sites for hydroxylation is 1. The van der Waals surface area contributed by atoms with Crippen LogP contribution >= 0.6 is 0 Å². The van der Waals surface area contributed by atoms with Gasteiger partial charge in [0, 0.05) is 5.69 Å². The maximum atomic E-state index is 12.9. The first-order chi connectivity index (χ1) is 13.9. The van der Waals surface area contributed by atoms with Crippen molar-refractivity contribution in [3.05, 3.63) is 59.7 Å². The van der Waals surface area contributed by atoms with Gasteiger partial charge in [-0.1, -0.05) is 37.6 Å². The summed E-state index contributed by atoms with van der Waals surface area (Å²) in [7, 11) is 1.55. The van der Waals surface area contributed by atoms with E-state index in [1.54, 1.807) is 38.3 Å². The fourth-order valence-electron chi connectivity index (χ4n) is 3.35. The van der Waals surface area contributed by atoms with Crippen LogP contribution in [0.2, 0.25) is 0 Å². The van der Waals surface area contributed by atoms with Crippen LogP contribution in [0, 0.1) is 0 Å². The van der Waals surface area contributed by atoms with Crippen molar-refractivity contribution in [3.63, 3.8) is 0 Å². The van der Waals surface area contributed by atoms with Gasteiger partial charge < -0.3 is 15.4 Å². The summed E-state index contributed by atoms with van der Waals surface area (Å²) in [5.74, 6) is -0.257. The Balaban J connectivity index is 1.68. The molecule has 0 aromatic heterocycles. The molecule has 4 amide bonds. The van der Waals surface area contributed by atoms with Gasteiger partial charge in [0.25, 0.3) is 5.91 Å². The third kappa shape index (κ3) is 4.23. The van der Waals surface area contributed by atoms with E-state index in [2.05, 4.69) is 17.6 Å². The molecule has 0 unspecified atom stereocenters. The Labute approximate surface area is 170 Å². The molecule has 2 aromatic rings. The van der Waals surface area contributed by atoms with Crippen molar-refractivity contribution in [2.45, 2.75) is 32.2 Å². The van der Waals surface area contributed by atoms with E-state index in [9.17, 15) is 14.4 Å². The van der Waals surface area contributed by atoms with Crippen LogP contribution < -0.4 is 15.4 Å². The van der Waals surface area contributed by atoms with Gasteiger partial charge in [0.2, 0.25) is 5.91 Å². The van der Waals surface area contributed by atoms with E-state index < -0.39 is 23.4 Å². The number of ether oxygens (including phenoxy) is 1. The van der Waals surface area contributed by atoms with E-state index >= 15 is 0 Å². The van der Waals surface area contributed by atoms with Crippen molar-refractivity contribution in [3.8, 4) is 5.75 Å². The second-order valence-electron chi connectivity index (χ2n) is 7.17. The summed E-state index contributed by atoms with van der Waals surface area (Å²) in [4.78, 5) is 38.7. The number of benzene rings is 2. The van der Waals surface area contributed by atoms with Crippen molar-refractivity contribution in [1.29, 1.82) is 0 Å². The second kappa shape index (κ2) is 8.34. The lowest BCUT2D eigenvalue weighted by molar-refractivity contribution is -0.133. The molecule has 7 heteroatoms. The third-order valence-corrected chi connectivity index (χ3v) is 5.02. The molecule has 1 heterocycles. The lowest BCUT2D eigenvalue weighted by Crippen LogP contribution is -2.42. The number of carbonyl (C=O) groups is 3. The molecular weight excluding hydrogens is 370 g/mol. The highest BCUT2D eigenvalue weighted by Crippen LogP contribution is 2.30. The molecule has 1 aliphatic rings. The zero-order valence-corrected chi connectivity index (χ0v) is 16.8. The van der Waals surface area contributed by atoms with Crippen molar-refractivity contribution >= 4 is 23.5 Å². The number of anilines is 1. The Morgan fingerprint density at radius 1 is 1.10 bits per heavy atom. The number of hydrogen-bond acceptors (Lipinski definition) is 4. The highest BCUT2D eigenvalue weighted by atomic mass is 16.5. The van der Waals surface area contributed by atoms with Gasteiger partial charge in [-0.2, -0.15) is 0 Å². The van der Waals surface area contributed by atoms with E-state index in [4.69, 9.17) is 4.74 Å². The van der Waals surface area contributed by atoms with E-state index in [-0.39, 0.29) is 6.54 Å². The van der Waals surface area contributed by atoms with E-state index in [0.29, 0.717) is 17.0 Å². The van der Waals surface area contributed by atoms with Crippen LogP contribution in [0.3, 0.4) is 0 Å². The molecule has 3 rings (SSSR count). The summed E-state index contributed by atoms with van der Waals surface area (Å²) >= 11 is 0. The predicted octanol–water partition coefficient (Wildman–Crippen LogP) is 3.05. The largest absolute Gasteiger partial charge is 0.497 e. The number of imide groups is 1. The van der Waals surface area contributed by atoms with Gasteiger partial charge in [0.1, 0.15) is 17.8 Å². The van der Waals surface area contributed by atoms with E-state index in [0.717, 1.165) is 17.7 Å². The molecule has 1 fully saturated rings. The van der Waals surface area contributed by atoms with Gasteiger partial charge in [-0.05, 0) is 48.7 Å². The smallest absolute Gasteiger partial charge is 0.325 e. The molecule has 1 aliphatic heterocycles. The monoisotopic (exact) mass is 395 g/mol. The highest BCUT2D eigenvalue weighted by molar-refractivity contribution is 6.10. The third-order valence-electron chi connectivity index (χ3n) is 5.02. The first-order valence-corrected chi connectivity index (χ1v) is 9.55. The van der Waals surface area contributed by atoms with Crippen LogP contribution in [0.1, 0.15) is 31.4 Å². The number of rotatable bonds is 7. The Kier molecular flexibility index (Phi) is 5.87. The lowest BCUT2D eigenvalue weighted by atomic mass is 9.92. The topological polar surface area (TPSA) is 87.7 Å². The van der Waals surface area contributed by atoms with Crippen molar-refractivity contribution in [2.75, 3.05) is 19.0 Å². The molecule has 0 saturated carbocycles. The summed E-state index contributed by atoms with van der Waals surface area (Å²) in [6.07, 6.45) is 2.02. The number of carbonyl (C=O) groups excluding carboxylic acids is 3. The average Bonchev–Trinajstić information content (AvgIpc) is 2.93. The number of hydrogen-bond donors (Lipinski definition) is 2. The zero-order valence-electron chi connectivity index (χ0n) is 16.8. The Hall–Kier alpha value is -3.35. The fraction of sp³-hybridized carbons (Fsp3) is 0.318. The van der Waals surface area contributed by atoms with Crippen LogP contribution in [0.15, 0.2) is 48.5 Å². The number of methoxy groups -OCH3 is 1. The van der Waals surface area contributed by atoms with Crippen LogP contribution in [0.4, 0.5) is 10.5 Å². The number of nitrogens with one attached hydrogen (secondary N) is 2. The minimum atomic E-state index is -1.23. The molecule has 7 nitrogen and oxygen atoms in total. The summed E-state index contributed by atoms with van der Waals surface area (Å²) in [6, 6.07) is 13.8. The molecule has 2 aromatic carbocycles. The molecule has 0 aliphatic carbocycles. The normalized spacial score (nSPS) is 18.5. The summed E-state index contributed by atoms with van der Waals surface area (Å²) < 4.78 is 5.13. The predicted molar refractivity (Wildman–Crippen MR) is 110 cm³/mol. The molecule has 29 heavy (non-hydrogen) atoms. The standard InChI is InChI=1S/C22H25N3O4/c1-4-5-15-6-10-17(11-7-15)23-19(26)14-25-20(27)22(2,24-21(25)28)16-8-12-18(29-3)13-9-16/h6-13H,4-5,14H2,1-3H3,(H,23,26)(H,24,28)/t22-/m1/s1. The molecule has 1 saturated heterocycles. The van der Waals surface area contributed by atoms with E-state index in [1.807, 2.05) is 24.3 Å². The van der Waals surface area contributed by atoms with Crippen molar-refractivity contribution < 1.29 is 19.1 Å². The summed E-state index contributed by atoms with van der Waals surface area (Å²) in [5.41, 5.74) is 1.20. The van der Waals surface area contributed by atoms with E-state index in [1.165, 1.54) is 5.56 Å². The van der Waals surface area contributed by atoms with Gasteiger partial charge in [0.15, 0.2) is 0 Å². The van der Waals surface area contributed by atoms with Gasteiger partial charge >= 0.3 is 6.03 Å². The van der Waals surface area contributed by atoms with Crippen molar-refractivity contribution in [2.24, 2.45) is 0 Å². The maximum Gasteiger partial charge on any atom is 0.325 e.